The average Bonchev–Trinajstić information content (AvgIpc) is 2.28. The van der Waals surface area contributed by atoms with Crippen LogP contribution in [0.2, 0.25) is 0 Å². The molecule has 0 radical (unpaired) electrons. The lowest BCUT2D eigenvalue weighted by molar-refractivity contribution is 0.189. The van der Waals surface area contributed by atoms with Gasteiger partial charge in [-0.2, -0.15) is 0 Å². The van der Waals surface area contributed by atoms with Crippen molar-refractivity contribution >= 4 is 15.7 Å². The Bertz CT molecular complexity index is 500. The standard InChI is InChI=1S/C12H20N2O3S/c1-10-5-6-12(11(13)9-10)18(15,16)14(2)7-4-8-17-3/h5-6,9H,4,7-8,13H2,1-3H3. The van der Waals surface area contributed by atoms with Crippen LogP contribution >= 0.6 is 0 Å². The Hall–Kier alpha value is -1.11. The molecule has 1 aromatic carbocycles. The van der Waals surface area contributed by atoms with Crippen LogP contribution in [-0.2, 0) is 14.8 Å². The minimum absolute atomic E-state index is 0.160. The predicted octanol–water partition coefficient (Wildman–Crippen LogP) is 1.23. The molecule has 0 spiro atoms. The lowest BCUT2D eigenvalue weighted by Crippen LogP contribution is -2.29. The van der Waals surface area contributed by atoms with Crippen molar-refractivity contribution in [2.75, 3.05) is 33.0 Å². The third kappa shape index (κ3) is 3.44. The summed E-state index contributed by atoms with van der Waals surface area (Å²) in [5.74, 6) is 0. The molecular weight excluding hydrogens is 252 g/mol. The van der Waals surface area contributed by atoms with Crippen molar-refractivity contribution in [3.63, 3.8) is 0 Å². The minimum atomic E-state index is -3.51. The second kappa shape index (κ2) is 6.17. The summed E-state index contributed by atoms with van der Waals surface area (Å²) in [6.45, 7) is 2.81. The van der Waals surface area contributed by atoms with E-state index in [4.69, 9.17) is 10.5 Å². The quantitative estimate of drug-likeness (QED) is 0.624. The molecule has 102 valence electrons. The van der Waals surface area contributed by atoms with Crippen LogP contribution in [0.1, 0.15) is 12.0 Å². The highest BCUT2D eigenvalue weighted by Crippen LogP contribution is 2.22. The Labute approximate surface area is 109 Å². The Morgan fingerprint density at radius 3 is 2.61 bits per heavy atom. The lowest BCUT2D eigenvalue weighted by Gasteiger charge is -2.18. The van der Waals surface area contributed by atoms with Crippen LogP contribution in [0.15, 0.2) is 23.1 Å². The average molecular weight is 272 g/mol. The van der Waals surface area contributed by atoms with Gasteiger partial charge in [-0.1, -0.05) is 6.07 Å². The van der Waals surface area contributed by atoms with Crippen molar-refractivity contribution in [2.24, 2.45) is 0 Å². The molecule has 0 aromatic heterocycles. The molecule has 18 heavy (non-hydrogen) atoms. The number of hydrogen-bond donors (Lipinski definition) is 1. The SMILES string of the molecule is COCCCN(C)S(=O)(=O)c1ccc(C)cc1N. The summed E-state index contributed by atoms with van der Waals surface area (Å²) in [5.41, 5.74) is 6.99. The molecule has 5 nitrogen and oxygen atoms in total. The van der Waals surface area contributed by atoms with E-state index in [-0.39, 0.29) is 10.6 Å². The fourth-order valence-corrected chi connectivity index (χ4v) is 2.92. The second-order valence-corrected chi connectivity index (χ2v) is 6.23. The maximum atomic E-state index is 12.3. The van der Waals surface area contributed by atoms with Gasteiger partial charge in [0.15, 0.2) is 0 Å². The van der Waals surface area contributed by atoms with Crippen LogP contribution in [0.4, 0.5) is 5.69 Å². The van der Waals surface area contributed by atoms with Gasteiger partial charge in [0.25, 0.3) is 0 Å². The van der Waals surface area contributed by atoms with E-state index < -0.39 is 10.0 Å². The first kappa shape index (κ1) is 14.9. The first-order valence-corrected chi connectivity index (χ1v) is 7.15. The van der Waals surface area contributed by atoms with E-state index in [0.29, 0.717) is 19.6 Å². The van der Waals surface area contributed by atoms with Crippen LogP contribution in [0.3, 0.4) is 0 Å². The molecule has 0 aliphatic carbocycles. The molecular formula is C12H20N2O3S. The van der Waals surface area contributed by atoms with E-state index >= 15 is 0 Å². The van der Waals surface area contributed by atoms with Gasteiger partial charge in [0.05, 0.1) is 5.69 Å². The van der Waals surface area contributed by atoms with Crippen LogP contribution < -0.4 is 5.73 Å². The zero-order chi connectivity index (χ0) is 13.8. The topological polar surface area (TPSA) is 72.6 Å². The third-order valence-electron chi connectivity index (χ3n) is 2.67. The molecule has 0 atom stereocenters. The Morgan fingerprint density at radius 2 is 2.06 bits per heavy atom. The van der Waals surface area contributed by atoms with E-state index in [1.807, 2.05) is 6.92 Å². The summed E-state index contributed by atoms with van der Waals surface area (Å²) in [5, 5.41) is 0. The third-order valence-corrected chi connectivity index (χ3v) is 4.61. The lowest BCUT2D eigenvalue weighted by atomic mass is 10.2. The van der Waals surface area contributed by atoms with Crippen LogP contribution in [0.25, 0.3) is 0 Å². The van der Waals surface area contributed by atoms with Gasteiger partial charge in [-0.3, -0.25) is 0 Å². The van der Waals surface area contributed by atoms with E-state index in [2.05, 4.69) is 0 Å². The van der Waals surface area contributed by atoms with Gasteiger partial charge in [0.2, 0.25) is 10.0 Å². The van der Waals surface area contributed by atoms with Gasteiger partial charge >= 0.3 is 0 Å². The Morgan fingerprint density at radius 1 is 1.39 bits per heavy atom. The van der Waals surface area contributed by atoms with Gasteiger partial charge in [-0.25, -0.2) is 12.7 Å². The van der Waals surface area contributed by atoms with Crippen LogP contribution in [0, 0.1) is 6.92 Å². The van der Waals surface area contributed by atoms with Gasteiger partial charge in [-0.15, -0.1) is 0 Å². The molecule has 0 fully saturated rings. The number of ether oxygens (including phenoxy) is 1. The number of anilines is 1. The van der Waals surface area contributed by atoms with E-state index in [1.54, 1.807) is 32.4 Å². The number of methoxy groups -OCH3 is 1. The van der Waals surface area contributed by atoms with Crippen molar-refractivity contribution in [1.82, 2.24) is 4.31 Å². The number of nitrogens with two attached hydrogens (primary N) is 1. The van der Waals surface area contributed by atoms with Gasteiger partial charge in [-0.05, 0) is 31.0 Å². The number of rotatable bonds is 6. The summed E-state index contributed by atoms with van der Waals surface area (Å²) in [6.07, 6.45) is 0.651. The number of nitrogen functional groups attached to an aromatic ring is 1. The first-order valence-electron chi connectivity index (χ1n) is 5.71. The number of sulfonamides is 1. The highest BCUT2D eigenvalue weighted by Gasteiger charge is 2.22. The van der Waals surface area contributed by atoms with E-state index in [1.165, 1.54) is 4.31 Å². The molecule has 2 N–H and O–H groups in total. The largest absolute Gasteiger partial charge is 0.398 e. The molecule has 6 heteroatoms. The Kier molecular flexibility index (Phi) is 5.13. The second-order valence-electron chi connectivity index (χ2n) is 4.21. The molecule has 0 bridgehead atoms. The fraction of sp³-hybridized carbons (Fsp3) is 0.500. The Balaban J connectivity index is 2.91. The maximum absolute atomic E-state index is 12.3. The predicted molar refractivity (Wildman–Crippen MR) is 71.9 cm³/mol. The molecule has 0 aliphatic rings. The van der Waals surface area contributed by atoms with Gasteiger partial charge in [0, 0.05) is 27.3 Å². The zero-order valence-electron chi connectivity index (χ0n) is 11.0. The normalized spacial score (nSPS) is 12.0. The van der Waals surface area contributed by atoms with Crippen LogP contribution in [-0.4, -0.2) is 40.0 Å². The number of hydrogen-bond acceptors (Lipinski definition) is 4. The molecule has 1 rings (SSSR count). The fourth-order valence-electron chi connectivity index (χ4n) is 1.62. The number of nitrogens with zero attached hydrogens (tertiary/aromatic N) is 1. The van der Waals surface area contributed by atoms with E-state index in [9.17, 15) is 8.42 Å². The highest BCUT2D eigenvalue weighted by atomic mass is 32.2. The summed E-state index contributed by atoms with van der Waals surface area (Å²) in [7, 11) is -0.378. The maximum Gasteiger partial charge on any atom is 0.244 e. The van der Waals surface area contributed by atoms with Crippen molar-refractivity contribution in [1.29, 1.82) is 0 Å². The molecule has 0 amide bonds. The molecule has 0 unspecified atom stereocenters. The minimum Gasteiger partial charge on any atom is -0.398 e. The van der Waals surface area contributed by atoms with Crippen LogP contribution in [0.5, 0.6) is 0 Å². The monoisotopic (exact) mass is 272 g/mol. The first-order chi connectivity index (χ1) is 8.39. The summed E-state index contributed by atoms with van der Waals surface area (Å²) in [4.78, 5) is 0.160. The van der Waals surface area contributed by atoms with Crippen molar-refractivity contribution in [2.45, 2.75) is 18.2 Å². The molecule has 0 heterocycles. The van der Waals surface area contributed by atoms with Crippen molar-refractivity contribution in [3.05, 3.63) is 23.8 Å². The molecule has 0 saturated carbocycles. The van der Waals surface area contributed by atoms with Crippen molar-refractivity contribution < 1.29 is 13.2 Å². The number of aryl methyl sites for hydroxylation is 1. The van der Waals surface area contributed by atoms with E-state index in [0.717, 1.165) is 5.56 Å². The molecule has 0 aliphatic heterocycles. The summed E-state index contributed by atoms with van der Waals surface area (Å²) >= 11 is 0. The van der Waals surface area contributed by atoms with Gasteiger partial charge in [0.1, 0.15) is 4.90 Å². The molecule has 1 aromatic rings. The zero-order valence-corrected chi connectivity index (χ0v) is 11.8. The van der Waals surface area contributed by atoms with Crippen molar-refractivity contribution in [3.8, 4) is 0 Å². The molecule has 0 saturated heterocycles. The summed E-state index contributed by atoms with van der Waals surface area (Å²) < 4.78 is 30.7. The smallest absolute Gasteiger partial charge is 0.244 e. The summed E-state index contributed by atoms with van der Waals surface area (Å²) in [6, 6.07) is 4.95. The van der Waals surface area contributed by atoms with Gasteiger partial charge < -0.3 is 10.5 Å². The highest BCUT2D eigenvalue weighted by molar-refractivity contribution is 7.89. The number of benzene rings is 1.